The predicted octanol–water partition coefficient (Wildman–Crippen LogP) is 2.84. The summed E-state index contributed by atoms with van der Waals surface area (Å²) in [4.78, 5) is 5.06. The summed E-state index contributed by atoms with van der Waals surface area (Å²) >= 11 is 0. The molecule has 0 radical (unpaired) electrons. The van der Waals surface area contributed by atoms with Crippen molar-refractivity contribution in [1.29, 1.82) is 0 Å². The van der Waals surface area contributed by atoms with Crippen LogP contribution in [-0.2, 0) is 4.84 Å². The number of fused-ring (bicyclic) bond motifs is 1. The summed E-state index contributed by atoms with van der Waals surface area (Å²) < 4.78 is 11.5. The quantitative estimate of drug-likeness (QED) is 0.789. The molecule has 0 saturated carbocycles. The van der Waals surface area contributed by atoms with E-state index in [2.05, 4.69) is 19.3 Å². The van der Waals surface area contributed by atoms with E-state index in [1.165, 1.54) is 0 Å². The van der Waals surface area contributed by atoms with Crippen molar-refractivity contribution in [3.8, 4) is 11.5 Å². The van der Waals surface area contributed by atoms with Gasteiger partial charge >= 0.3 is 0 Å². The molecule has 1 N–H and O–H groups in total. The summed E-state index contributed by atoms with van der Waals surface area (Å²) in [7, 11) is 1.63. The monoisotopic (exact) mass is 251 g/mol. The first kappa shape index (κ1) is 13.2. The van der Waals surface area contributed by atoms with E-state index in [-0.39, 0.29) is 12.1 Å². The van der Waals surface area contributed by atoms with Gasteiger partial charge in [0.2, 0.25) is 0 Å². The second-order valence-corrected chi connectivity index (χ2v) is 4.41. The van der Waals surface area contributed by atoms with Crippen LogP contribution in [0.25, 0.3) is 0 Å². The molecule has 1 aliphatic heterocycles. The Hall–Kier alpha value is -1.26. The maximum Gasteiger partial charge on any atom is 0.125 e. The Morgan fingerprint density at radius 2 is 2.17 bits per heavy atom. The molecule has 4 heteroatoms. The van der Waals surface area contributed by atoms with E-state index in [9.17, 15) is 0 Å². The second kappa shape index (κ2) is 6.07. The van der Waals surface area contributed by atoms with Gasteiger partial charge in [0.1, 0.15) is 17.6 Å². The van der Waals surface area contributed by atoms with E-state index in [1.807, 2.05) is 18.2 Å². The first-order chi connectivity index (χ1) is 8.80. The number of hydrogen-bond donors (Lipinski definition) is 1. The highest BCUT2D eigenvalue weighted by molar-refractivity contribution is 5.45. The van der Waals surface area contributed by atoms with Gasteiger partial charge < -0.3 is 14.3 Å². The zero-order valence-electron chi connectivity index (χ0n) is 11.2. The summed E-state index contributed by atoms with van der Waals surface area (Å²) in [5.74, 6) is 1.80. The highest BCUT2D eigenvalue weighted by Crippen LogP contribution is 2.39. The Morgan fingerprint density at radius 3 is 2.83 bits per heavy atom. The molecule has 2 rings (SSSR count). The Labute approximate surface area is 108 Å². The molecule has 0 saturated heterocycles. The Balaban J connectivity index is 2.20. The van der Waals surface area contributed by atoms with Crippen molar-refractivity contribution >= 4 is 0 Å². The van der Waals surface area contributed by atoms with Crippen LogP contribution in [0.2, 0.25) is 0 Å². The number of hydrogen-bond acceptors (Lipinski definition) is 4. The van der Waals surface area contributed by atoms with Crippen molar-refractivity contribution in [3.63, 3.8) is 0 Å². The summed E-state index contributed by atoms with van der Waals surface area (Å²) in [5.41, 5.74) is 4.11. The minimum Gasteiger partial charge on any atom is -0.494 e. The smallest absolute Gasteiger partial charge is 0.125 e. The first-order valence-electron chi connectivity index (χ1n) is 6.52. The zero-order valence-corrected chi connectivity index (χ0v) is 11.2. The molecule has 0 spiro atoms. The van der Waals surface area contributed by atoms with Crippen LogP contribution >= 0.6 is 0 Å². The minimum atomic E-state index is 0.0696. The Bertz CT molecular complexity index is 395. The average Bonchev–Trinajstić information content (AvgIpc) is 2.74. The molecular weight excluding hydrogens is 230 g/mol. The van der Waals surface area contributed by atoms with Gasteiger partial charge in [0, 0.05) is 5.56 Å². The molecule has 0 bridgehead atoms. The molecule has 0 aromatic heterocycles. The molecule has 4 nitrogen and oxygen atoms in total. The van der Waals surface area contributed by atoms with Crippen LogP contribution in [0.3, 0.4) is 0 Å². The average molecular weight is 251 g/mol. The zero-order chi connectivity index (χ0) is 13.0. The molecule has 0 amide bonds. The SMILES string of the molecule is CCCOc1ccc2c(c1)C(NOC)C(CC)O2. The van der Waals surface area contributed by atoms with Crippen LogP contribution in [-0.4, -0.2) is 19.8 Å². The van der Waals surface area contributed by atoms with Crippen LogP contribution in [0.15, 0.2) is 18.2 Å². The van der Waals surface area contributed by atoms with Crippen molar-refractivity contribution in [1.82, 2.24) is 5.48 Å². The minimum absolute atomic E-state index is 0.0696. The predicted molar refractivity (Wildman–Crippen MR) is 69.8 cm³/mol. The van der Waals surface area contributed by atoms with Gasteiger partial charge in [-0.15, -0.1) is 0 Å². The molecule has 1 aliphatic rings. The number of benzene rings is 1. The first-order valence-corrected chi connectivity index (χ1v) is 6.52. The van der Waals surface area contributed by atoms with Gasteiger partial charge in [-0.2, -0.15) is 5.48 Å². The molecule has 2 atom stereocenters. The van der Waals surface area contributed by atoms with E-state index in [1.54, 1.807) is 7.11 Å². The van der Waals surface area contributed by atoms with E-state index < -0.39 is 0 Å². The Morgan fingerprint density at radius 1 is 1.33 bits per heavy atom. The topological polar surface area (TPSA) is 39.7 Å². The molecule has 0 fully saturated rings. The molecule has 18 heavy (non-hydrogen) atoms. The summed E-state index contributed by atoms with van der Waals surface area (Å²) in [6, 6.07) is 6.04. The third-order valence-corrected chi connectivity index (χ3v) is 3.09. The molecular formula is C14H21NO3. The van der Waals surface area contributed by atoms with Crippen LogP contribution in [0.5, 0.6) is 11.5 Å². The van der Waals surface area contributed by atoms with E-state index in [4.69, 9.17) is 14.3 Å². The number of rotatable bonds is 6. The number of ether oxygens (including phenoxy) is 2. The lowest BCUT2D eigenvalue weighted by molar-refractivity contribution is 0.0283. The fourth-order valence-corrected chi connectivity index (χ4v) is 2.20. The lowest BCUT2D eigenvalue weighted by Gasteiger charge is -2.17. The van der Waals surface area contributed by atoms with E-state index in [0.717, 1.165) is 36.5 Å². The molecule has 0 aliphatic carbocycles. The van der Waals surface area contributed by atoms with Crippen molar-refractivity contribution < 1.29 is 14.3 Å². The standard InChI is InChI=1S/C14H21NO3/c1-4-8-17-10-6-7-13-11(9-10)14(15-16-3)12(5-2)18-13/h6-7,9,12,14-15H,4-5,8H2,1-3H3. The summed E-state index contributed by atoms with van der Waals surface area (Å²) in [6.45, 7) is 4.94. The van der Waals surface area contributed by atoms with Gasteiger partial charge in [0.15, 0.2) is 0 Å². The maximum absolute atomic E-state index is 5.88. The normalized spacial score (nSPS) is 21.5. The van der Waals surface area contributed by atoms with E-state index in [0.29, 0.717) is 0 Å². The van der Waals surface area contributed by atoms with Gasteiger partial charge in [-0.1, -0.05) is 13.8 Å². The number of hydroxylamine groups is 1. The van der Waals surface area contributed by atoms with Gasteiger partial charge in [-0.3, -0.25) is 0 Å². The molecule has 2 unspecified atom stereocenters. The largest absolute Gasteiger partial charge is 0.494 e. The lowest BCUT2D eigenvalue weighted by atomic mass is 10.0. The molecule has 100 valence electrons. The van der Waals surface area contributed by atoms with Crippen LogP contribution in [0.1, 0.15) is 38.3 Å². The van der Waals surface area contributed by atoms with Gasteiger partial charge in [-0.25, -0.2) is 0 Å². The van der Waals surface area contributed by atoms with Crippen LogP contribution < -0.4 is 15.0 Å². The molecule has 1 aromatic carbocycles. The lowest BCUT2D eigenvalue weighted by Crippen LogP contribution is -2.29. The van der Waals surface area contributed by atoms with Crippen molar-refractivity contribution in [3.05, 3.63) is 23.8 Å². The Kier molecular flexibility index (Phi) is 4.44. The maximum atomic E-state index is 5.88. The van der Waals surface area contributed by atoms with Gasteiger partial charge in [-0.05, 0) is 31.0 Å². The number of nitrogens with one attached hydrogen (secondary N) is 1. The van der Waals surface area contributed by atoms with Crippen molar-refractivity contribution in [2.75, 3.05) is 13.7 Å². The van der Waals surface area contributed by atoms with Crippen molar-refractivity contribution in [2.45, 2.75) is 38.8 Å². The fourth-order valence-electron chi connectivity index (χ4n) is 2.20. The summed E-state index contributed by atoms with van der Waals surface area (Å²) in [6.07, 6.45) is 2.05. The molecule has 1 heterocycles. The highest BCUT2D eigenvalue weighted by Gasteiger charge is 2.33. The molecule has 1 aromatic rings. The third kappa shape index (κ3) is 2.60. The van der Waals surface area contributed by atoms with Gasteiger partial charge in [0.05, 0.1) is 19.8 Å². The third-order valence-electron chi connectivity index (χ3n) is 3.09. The van der Waals surface area contributed by atoms with Crippen LogP contribution in [0.4, 0.5) is 0 Å². The fraction of sp³-hybridized carbons (Fsp3) is 0.571. The second-order valence-electron chi connectivity index (χ2n) is 4.41. The van der Waals surface area contributed by atoms with Crippen LogP contribution in [0, 0.1) is 0 Å². The van der Waals surface area contributed by atoms with Gasteiger partial charge in [0.25, 0.3) is 0 Å². The summed E-state index contributed by atoms with van der Waals surface area (Å²) in [5, 5.41) is 0. The van der Waals surface area contributed by atoms with E-state index >= 15 is 0 Å². The van der Waals surface area contributed by atoms with Crippen molar-refractivity contribution in [2.24, 2.45) is 0 Å². The highest BCUT2D eigenvalue weighted by atomic mass is 16.6.